The highest BCUT2D eigenvalue weighted by molar-refractivity contribution is 7.10. The van der Waals surface area contributed by atoms with E-state index >= 15 is 0 Å². The topological polar surface area (TPSA) is 92.4 Å². The van der Waals surface area contributed by atoms with Crippen molar-refractivity contribution in [3.05, 3.63) is 22.4 Å². The third-order valence-electron chi connectivity index (χ3n) is 2.38. The third kappa shape index (κ3) is 3.54. The van der Waals surface area contributed by atoms with Gasteiger partial charge in [0.1, 0.15) is 0 Å². The molecular formula is C11H16N2O3S. The summed E-state index contributed by atoms with van der Waals surface area (Å²) < 4.78 is 0. The summed E-state index contributed by atoms with van der Waals surface area (Å²) in [5, 5.41) is 13.3. The molecule has 0 aliphatic heterocycles. The molecule has 1 unspecified atom stereocenters. The van der Waals surface area contributed by atoms with E-state index in [9.17, 15) is 9.59 Å². The first-order valence-electron chi connectivity index (χ1n) is 5.25. The molecule has 1 amide bonds. The maximum atomic E-state index is 11.7. The summed E-state index contributed by atoms with van der Waals surface area (Å²) >= 11 is 1.29. The zero-order valence-electron chi connectivity index (χ0n) is 9.71. The number of carbonyl (C=O) groups excluding carboxylic acids is 1. The summed E-state index contributed by atoms with van der Waals surface area (Å²) in [5.74, 6) is -1.56. The van der Waals surface area contributed by atoms with Crippen LogP contribution in [0.2, 0.25) is 0 Å². The molecule has 1 aromatic rings. The number of hydrogen-bond acceptors (Lipinski definition) is 4. The van der Waals surface area contributed by atoms with Gasteiger partial charge in [-0.2, -0.15) is 0 Å². The van der Waals surface area contributed by atoms with Gasteiger partial charge >= 0.3 is 5.97 Å². The van der Waals surface area contributed by atoms with Gasteiger partial charge in [0.05, 0.1) is 6.04 Å². The van der Waals surface area contributed by atoms with Crippen molar-refractivity contribution in [1.29, 1.82) is 0 Å². The van der Waals surface area contributed by atoms with Gasteiger partial charge in [0.15, 0.2) is 6.04 Å². The van der Waals surface area contributed by atoms with Gasteiger partial charge in [-0.05, 0) is 17.4 Å². The SMILES string of the molecule is CC(C)[C@H](N)C(=O)NC(C(=O)O)c1cccs1. The van der Waals surface area contributed by atoms with Crippen LogP contribution in [0.15, 0.2) is 17.5 Å². The number of carboxylic acids is 1. The number of carboxylic acid groups (broad SMARTS) is 1. The monoisotopic (exact) mass is 256 g/mol. The van der Waals surface area contributed by atoms with Crippen molar-refractivity contribution in [2.45, 2.75) is 25.9 Å². The predicted molar refractivity (Wildman–Crippen MR) is 65.7 cm³/mol. The van der Waals surface area contributed by atoms with E-state index < -0.39 is 24.0 Å². The van der Waals surface area contributed by atoms with Crippen molar-refractivity contribution in [1.82, 2.24) is 5.32 Å². The fourth-order valence-corrected chi connectivity index (χ4v) is 2.02. The average Bonchev–Trinajstić information content (AvgIpc) is 2.76. The van der Waals surface area contributed by atoms with Gasteiger partial charge in [-0.25, -0.2) is 4.79 Å². The summed E-state index contributed by atoms with van der Waals surface area (Å²) in [7, 11) is 0. The van der Waals surface area contributed by atoms with Crippen molar-refractivity contribution in [3.8, 4) is 0 Å². The number of aliphatic carboxylic acids is 1. The van der Waals surface area contributed by atoms with E-state index in [1.54, 1.807) is 17.5 Å². The quantitative estimate of drug-likeness (QED) is 0.732. The van der Waals surface area contributed by atoms with E-state index in [-0.39, 0.29) is 5.92 Å². The van der Waals surface area contributed by atoms with Crippen molar-refractivity contribution in [2.75, 3.05) is 0 Å². The van der Waals surface area contributed by atoms with Crippen LogP contribution in [0.3, 0.4) is 0 Å². The highest BCUT2D eigenvalue weighted by Gasteiger charge is 2.26. The minimum Gasteiger partial charge on any atom is -0.479 e. The second kappa shape index (κ2) is 5.79. The highest BCUT2D eigenvalue weighted by atomic mass is 32.1. The maximum absolute atomic E-state index is 11.7. The largest absolute Gasteiger partial charge is 0.479 e. The number of rotatable bonds is 5. The fraction of sp³-hybridized carbons (Fsp3) is 0.455. The molecule has 0 aliphatic rings. The van der Waals surface area contributed by atoms with E-state index in [0.29, 0.717) is 4.88 Å². The number of nitrogens with two attached hydrogens (primary N) is 1. The van der Waals surface area contributed by atoms with Crippen molar-refractivity contribution < 1.29 is 14.7 Å². The molecule has 0 bridgehead atoms. The summed E-state index contributed by atoms with van der Waals surface area (Å²) in [6.45, 7) is 3.62. The van der Waals surface area contributed by atoms with Crippen molar-refractivity contribution in [3.63, 3.8) is 0 Å². The lowest BCUT2D eigenvalue weighted by Crippen LogP contribution is -2.46. The Morgan fingerprint density at radius 2 is 2.12 bits per heavy atom. The third-order valence-corrected chi connectivity index (χ3v) is 3.32. The molecule has 0 fully saturated rings. The molecule has 0 spiro atoms. The van der Waals surface area contributed by atoms with Gasteiger partial charge in [-0.15, -0.1) is 11.3 Å². The lowest BCUT2D eigenvalue weighted by atomic mass is 10.0. The lowest BCUT2D eigenvalue weighted by molar-refractivity contribution is -0.142. The number of nitrogens with one attached hydrogen (secondary N) is 1. The van der Waals surface area contributed by atoms with Crippen molar-refractivity contribution in [2.24, 2.45) is 11.7 Å². The van der Waals surface area contributed by atoms with Gasteiger partial charge < -0.3 is 16.2 Å². The molecule has 94 valence electrons. The first-order valence-corrected chi connectivity index (χ1v) is 6.13. The van der Waals surface area contributed by atoms with Crippen molar-refractivity contribution >= 4 is 23.2 Å². The molecule has 0 aromatic carbocycles. The Morgan fingerprint density at radius 3 is 2.53 bits per heavy atom. The zero-order chi connectivity index (χ0) is 13.0. The number of thiophene rings is 1. The molecule has 1 aromatic heterocycles. The Balaban J connectivity index is 2.76. The van der Waals surface area contributed by atoms with Gasteiger partial charge in [-0.1, -0.05) is 19.9 Å². The Hall–Kier alpha value is -1.40. The van der Waals surface area contributed by atoms with Gasteiger partial charge in [0.2, 0.25) is 5.91 Å². The minimum absolute atomic E-state index is 0.0345. The van der Waals surface area contributed by atoms with Crippen LogP contribution in [0, 0.1) is 5.92 Å². The Bertz CT molecular complexity index is 389. The summed E-state index contributed by atoms with van der Waals surface area (Å²) in [6, 6.07) is 1.69. The smallest absolute Gasteiger partial charge is 0.331 e. The Labute approximate surface area is 104 Å². The molecule has 17 heavy (non-hydrogen) atoms. The van der Waals surface area contributed by atoms with Gasteiger partial charge in [0, 0.05) is 4.88 Å². The second-order valence-electron chi connectivity index (χ2n) is 4.07. The van der Waals surface area contributed by atoms with Crippen LogP contribution >= 0.6 is 11.3 Å². The van der Waals surface area contributed by atoms with Crippen LogP contribution in [-0.2, 0) is 9.59 Å². The molecule has 1 heterocycles. The van der Waals surface area contributed by atoms with E-state index in [0.717, 1.165) is 0 Å². The lowest BCUT2D eigenvalue weighted by Gasteiger charge is -2.19. The molecule has 0 saturated heterocycles. The van der Waals surface area contributed by atoms with Crippen LogP contribution in [0.4, 0.5) is 0 Å². The normalized spacial score (nSPS) is 14.4. The molecule has 2 atom stereocenters. The minimum atomic E-state index is -1.09. The molecule has 1 rings (SSSR count). The summed E-state index contributed by atoms with van der Waals surface area (Å²) in [5.41, 5.74) is 5.66. The first-order chi connectivity index (χ1) is 7.93. The molecule has 5 nitrogen and oxygen atoms in total. The predicted octanol–water partition coefficient (Wildman–Crippen LogP) is 0.973. The highest BCUT2D eigenvalue weighted by Crippen LogP contribution is 2.19. The summed E-state index contributed by atoms with van der Waals surface area (Å²) in [6.07, 6.45) is 0. The maximum Gasteiger partial charge on any atom is 0.331 e. The van der Waals surface area contributed by atoms with Gasteiger partial charge in [-0.3, -0.25) is 4.79 Å². The molecule has 0 aliphatic carbocycles. The molecule has 0 radical (unpaired) electrons. The zero-order valence-corrected chi connectivity index (χ0v) is 10.5. The van der Waals surface area contributed by atoms with Crippen LogP contribution in [0.1, 0.15) is 24.8 Å². The van der Waals surface area contributed by atoms with Crippen LogP contribution in [0.25, 0.3) is 0 Å². The molecule has 6 heteroatoms. The first kappa shape index (κ1) is 13.7. The van der Waals surface area contributed by atoms with Crippen LogP contribution in [-0.4, -0.2) is 23.0 Å². The fourth-order valence-electron chi connectivity index (χ4n) is 1.25. The van der Waals surface area contributed by atoms with E-state index in [1.165, 1.54) is 11.3 Å². The Kier molecular flexibility index (Phi) is 4.65. The number of hydrogen-bond donors (Lipinski definition) is 3. The standard InChI is InChI=1S/C11H16N2O3S/c1-6(2)8(12)10(14)13-9(11(15)16)7-4-3-5-17-7/h3-6,8-9H,12H2,1-2H3,(H,13,14)(H,15,16)/t8-,9?/m0/s1. The van der Waals surface area contributed by atoms with E-state index in [4.69, 9.17) is 10.8 Å². The van der Waals surface area contributed by atoms with Crippen LogP contribution < -0.4 is 11.1 Å². The average molecular weight is 256 g/mol. The number of carbonyl (C=O) groups is 2. The summed E-state index contributed by atoms with van der Waals surface area (Å²) in [4.78, 5) is 23.4. The molecule has 4 N–H and O–H groups in total. The van der Waals surface area contributed by atoms with Gasteiger partial charge in [0.25, 0.3) is 0 Å². The second-order valence-corrected chi connectivity index (χ2v) is 5.04. The molecule has 0 saturated carbocycles. The number of amides is 1. The van der Waals surface area contributed by atoms with Crippen LogP contribution in [0.5, 0.6) is 0 Å². The van der Waals surface area contributed by atoms with E-state index in [2.05, 4.69) is 5.32 Å². The van der Waals surface area contributed by atoms with E-state index in [1.807, 2.05) is 13.8 Å². The Morgan fingerprint density at radius 1 is 1.47 bits per heavy atom. The molecular weight excluding hydrogens is 240 g/mol.